The lowest BCUT2D eigenvalue weighted by Gasteiger charge is -2.10. The first kappa shape index (κ1) is 24.5. The van der Waals surface area contributed by atoms with E-state index in [1.165, 1.54) is 36.4 Å². The molecule has 3 aromatic carbocycles. The summed E-state index contributed by atoms with van der Waals surface area (Å²) < 4.78 is 39.1. The number of primary amides is 1. The zero-order chi connectivity index (χ0) is 24.9. The quantitative estimate of drug-likeness (QED) is 0.415. The summed E-state index contributed by atoms with van der Waals surface area (Å²) in [5.41, 5.74) is 10.3. The van der Waals surface area contributed by atoms with Gasteiger partial charge in [-0.2, -0.15) is 13.2 Å². The number of benzene rings is 3. The van der Waals surface area contributed by atoms with Crippen LogP contribution in [0.25, 0.3) is 0 Å². The van der Waals surface area contributed by atoms with Crippen LogP contribution in [0.1, 0.15) is 26.3 Å². The lowest BCUT2D eigenvalue weighted by molar-refractivity contribution is -0.0925. The third kappa shape index (κ3) is 6.23. The molecule has 2 amide bonds. The molecule has 0 aliphatic rings. The van der Waals surface area contributed by atoms with Gasteiger partial charge in [0.15, 0.2) is 0 Å². The van der Waals surface area contributed by atoms with E-state index in [1.54, 1.807) is 36.4 Å². The van der Waals surface area contributed by atoms with E-state index in [1.807, 2.05) is 0 Å². The second-order valence-electron chi connectivity index (χ2n) is 7.02. The fraction of sp³-hybridized carbons (Fsp3) is 0.0417. The van der Waals surface area contributed by atoms with E-state index in [9.17, 15) is 22.8 Å². The Bertz CT molecular complexity index is 1290. The molecule has 0 unspecified atom stereocenters. The molecule has 10 heteroatoms. The van der Waals surface area contributed by atoms with E-state index in [4.69, 9.17) is 23.1 Å². The number of nitrogens with one attached hydrogen (secondary N) is 1. The summed E-state index contributed by atoms with van der Waals surface area (Å²) in [6.07, 6.45) is -4.05. The molecule has 0 saturated carbocycles. The van der Waals surface area contributed by atoms with Gasteiger partial charge in [0.1, 0.15) is 5.70 Å². The molecule has 5 N–H and O–H groups in total. The summed E-state index contributed by atoms with van der Waals surface area (Å²) >= 11 is 6.09. The Kier molecular flexibility index (Phi) is 7.37. The molecule has 0 aromatic heterocycles. The smallest absolute Gasteiger partial charge is 0.395 e. The molecule has 0 aliphatic heterocycles. The van der Waals surface area contributed by atoms with Crippen LogP contribution < -0.4 is 16.8 Å². The van der Waals surface area contributed by atoms with Crippen LogP contribution in [-0.2, 0) is 0 Å². The molecule has 174 valence electrons. The number of para-hydroxylation sites is 1. The molecule has 0 spiro atoms. The van der Waals surface area contributed by atoms with Gasteiger partial charge >= 0.3 is 6.18 Å². The second kappa shape index (κ2) is 10.2. The fourth-order valence-corrected chi connectivity index (χ4v) is 3.01. The predicted molar refractivity (Wildman–Crippen MR) is 125 cm³/mol. The van der Waals surface area contributed by atoms with Crippen LogP contribution in [0.3, 0.4) is 0 Å². The largest absolute Gasteiger partial charge is 0.430 e. The van der Waals surface area contributed by atoms with Crippen molar-refractivity contribution in [3.05, 3.63) is 106 Å². The Labute approximate surface area is 197 Å². The highest BCUT2D eigenvalue weighted by Crippen LogP contribution is 2.27. The average molecular weight is 487 g/mol. The number of aliphatic imine (C=N–C) groups is 1. The Hall–Kier alpha value is -4.11. The summed E-state index contributed by atoms with van der Waals surface area (Å²) in [4.78, 5) is 28.1. The Balaban J connectivity index is 1.92. The molecule has 0 atom stereocenters. The number of amides is 2. The number of anilines is 1. The molecule has 0 aliphatic carbocycles. The number of hydrogen-bond acceptors (Lipinski definition) is 4. The van der Waals surface area contributed by atoms with Crippen molar-refractivity contribution in [2.45, 2.75) is 6.18 Å². The normalized spacial score (nSPS) is 12.4. The third-order valence-corrected chi connectivity index (χ3v) is 4.88. The van der Waals surface area contributed by atoms with Crippen molar-refractivity contribution in [2.75, 3.05) is 5.32 Å². The van der Waals surface area contributed by atoms with Gasteiger partial charge in [-0.3, -0.25) is 9.59 Å². The van der Waals surface area contributed by atoms with E-state index in [0.29, 0.717) is 11.8 Å². The zero-order valence-electron chi connectivity index (χ0n) is 17.4. The predicted octanol–water partition coefficient (Wildman–Crippen LogP) is 5.22. The Morgan fingerprint density at radius 3 is 2.15 bits per heavy atom. The van der Waals surface area contributed by atoms with Gasteiger partial charge in [-0.05, 0) is 48.5 Å². The summed E-state index contributed by atoms with van der Waals surface area (Å²) in [5, 5.41) is 2.87. The number of nitrogens with two attached hydrogens (primary N) is 2. The van der Waals surface area contributed by atoms with Gasteiger partial charge < -0.3 is 16.8 Å². The maximum Gasteiger partial charge on any atom is 0.430 e. The minimum absolute atomic E-state index is 0.0935. The van der Waals surface area contributed by atoms with Crippen molar-refractivity contribution in [1.29, 1.82) is 0 Å². The first-order valence-corrected chi connectivity index (χ1v) is 10.1. The first-order chi connectivity index (χ1) is 16.0. The molecular formula is C24H18ClF3N4O2. The van der Waals surface area contributed by atoms with Crippen LogP contribution in [0.15, 0.2) is 89.6 Å². The number of carbonyl (C=O) groups excluding carboxylic acids is 2. The van der Waals surface area contributed by atoms with Crippen molar-refractivity contribution in [1.82, 2.24) is 0 Å². The van der Waals surface area contributed by atoms with Crippen LogP contribution in [-0.4, -0.2) is 23.7 Å². The van der Waals surface area contributed by atoms with Crippen molar-refractivity contribution >= 4 is 40.5 Å². The van der Waals surface area contributed by atoms with Crippen molar-refractivity contribution in [3.8, 4) is 0 Å². The third-order valence-electron chi connectivity index (χ3n) is 4.56. The maximum atomic E-state index is 13.0. The highest BCUT2D eigenvalue weighted by atomic mass is 35.5. The van der Waals surface area contributed by atoms with Gasteiger partial charge in [0.2, 0.25) is 5.91 Å². The summed E-state index contributed by atoms with van der Waals surface area (Å²) in [7, 11) is 0. The summed E-state index contributed by atoms with van der Waals surface area (Å²) in [6.45, 7) is 0. The molecule has 0 heterocycles. The zero-order valence-corrected chi connectivity index (χ0v) is 18.2. The molecular weight excluding hydrogens is 469 g/mol. The Morgan fingerprint density at radius 1 is 0.882 bits per heavy atom. The standard InChI is InChI=1S/C24H18ClF3N4O2/c25-18-6-1-2-7-19(18)32-20(13-21(29)24(26,27)28)14-8-10-15(11-9-14)23(34)31-17-5-3-4-16(12-17)22(30)33/h1-13H,29H2,(H2,30,33)(H,31,34). The number of allylic oxidation sites excluding steroid dienone is 2. The van der Waals surface area contributed by atoms with Gasteiger partial charge in [-0.1, -0.05) is 41.9 Å². The van der Waals surface area contributed by atoms with E-state index in [0.717, 1.165) is 0 Å². The fourth-order valence-electron chi connectivity index (χ4n) is 2.83. The molecule has 0 bridgehead atoms. The minimum atomic E-state index is -4.75. The van der Waals surface area contributed by atoms with Gasteiger partial charge in [0.05, 0.1) is 16.4 Å². The number of hydrogen-bond donors (Lipinski definition) is 3. The second-order valence-corrected chi connectivity index (χ2v) is 7.43. The minimum Gasteiger partial charge on any atom is -0.395 e. The molecule has 6 nitrogen and oxygen atoms in total. The van der Waals surface area contributed by atoms with Crippen molar-refractivity contribution in [2.24, 2.45) is 16.5 Å². The number of alkyl halides is 3. The van der Waals surface area contributed by atoms with Crippen molar-refractivity contribution < 1.29 is 22.8 Å². The average Bonchev–Trinajstić information content (AvgIpc) is 2.79. The van der Waals surface area contributed by atoms with E-state index in [2.05, 4.69) is 10.3 Å². The highest BCUT2D eigenvalue weighted by Gasteiger charge is 2.31. The van der Waals surface area contributed by atoms with Crippen LogP contribution in [0.4, 0.5) is 24.5 Å². The first-order valence-electron chi connectivity index (χ1n) is 9.74. The van der Waals surface area contributed by atoms with E-state index >= 15 is 0 Å². The highest BCUT2D eigenvalue weighted by molar-refractivity contribution is 6.33. The molecule has 0 fully saturated rings. The molecule has 34 heavy (non-hydrogen) atoms. The van der Waals surface area contributed by atoms with Crippen molar-refractivity contribution in [3.63, 3.8) is 0 Å². The van der Waals surface area contributed by atoms with Crippen LogP contribution in [0.2, 0.25) is 5.02 Å². The number of nitrogens with zero attached hydrogens (tertiary/aromatic N) is 1. The number of halogens is 4. The van der Waals surface area contributed by atoms with Gasteiger partial charge in [0.25, 0.3) is 5.91 Å². The molecule has 3 aromatic rings. The summed E-state index contributed by atoms with van der Waals surface area (Å²) in [5.74, 6) is -1.14. The monoisotopic (exact) mass is 486 g/mol. The van der Waals surface area contributed by atoms with Gasteiger partial charge in [-0.25, -0.2) is 4.99 Å². The van der Waals surface area contributed by atoms with Crippen LogP contribution in [0, 0.1) is 0 Å². The molecule has 0 radical (unpaired) electrons. The van der Waals surface area contributed by atoms with Crippen LogP contribution in [0.5, 0.6) is 0 Å². The molecule has 0 saturated heterocycles. The number of carbonyl (C=O) groups is 2. The van der Waals surface area contributed by atoms with Crippen LogP contribution >= 0.6 is 11.6 Å². The molecule has 3 rings (SSSR count). The number of rotatable bonds is 6. The van der Waals surface area contributed by atoms with E-state index in [-0.39, 0.29) is 33.1 Å². The van der Waals surface area contributed by atoms with Gasteiger partial charge in [0, 0.05) is 22.4 Å². The summed E-state index contributed by atoms with van der Waals surface area (Å²) in [6, 6.07) is 18.2. The SMILES string of the molecule is NC(=O)c1cccc(NC(=O)c2ccc(C(C=C(N)C(F)(F)F)=Nc3ccccc3Cl)cc2)c1. The van der Waals surface area contributed by atoms with Gasteiger partial charge in [-0.15, -0.1) is 0 Å². The topological polar surface area (TPSA) is 111 Å². The van der Waals surface area contributed by atoms with E-state index < -0.39 is 23.7 Å². The lowest BCUT2D eigenvalue weighted by atomic mass is 10.1. The maximum absolute atomic E-state index is 13.0. The lowest BCUT2D eigenvalue weighted by Crippen LogP contribution is -2.21. The Morgan fingerprint density at radius 2 is 1.53 bits per heavy atom.